The number of hydrogen-bond donors (Lipinski definition) is 8. The van der Waals surface area contributed by atoms with Crippen LogP contribution in [0.4, 0.5) is 0 Å². The highest BCUT2D eigenvalue weighted by molar-refractivity contribution is 7.89. The highest BCUT2D eigenvalue weighted by Gasteiger charge is 2.29. The van der Waals surface area contributed by atoms with Gasteiger partial charge in [0, 0.05) is 6.07 Å². The third-order valence-electron chi connectivity index (χ3n) is 3.21. The van der Waals surface area contributed by atoms with Crippen molar-refractivity contribution in [3.8, 4) is 23.0 Å². The second kappa shape index (κ2) is 8.67. The van der Waals surface area contributed by atoms with E-state index in [9.17, 15) is 33.7 Å². The fourth-order valence-corrected chi connectivity index (χ4v) is 5.01. The van der Waals surface area contributed by atoms with Gasteiger partial charge < -0.3 is 20.4 Å². The van der Waals surface area contributed by atoms with Crippen molar-refractivity contribution in [3.63, 3.8) is 0 Å². The van der Waals surface area contributed by atoms with Crippen molar-refractivity contribution in [2.45, 2.75) is 19.6 Å². The maximum Gasteiger partial charge on any atom is 0.299 e. The van der Waals surface area contributed by atoms with Crippen molar-refractivity contribution in [1.82, 2.24) is 0 Å². The average molecular weight is 540 g/mol. The molecule has 180 valence electrons. The van der Waals surface area contributed by atoms with Crippen LogP contribution in [-0.4, -0.2) is 72.3 Å². The first kappa shape index (κ1) is 27.3. The van der Waals surface area contributed by atoms with E-state index >= 15 is 0 Å². The Morgan fingerprint density at radius 3 is 1.34 bits per heavy atom. The molecular formula is C12H12O16S4. The average Bonchev–Trinajstić information content (AvgIpc) is 2.55. The Kier molecular flexibility index (Phi) is 7.40. The molecule has 0 heterocycles. The third-order valence-corrected chi connectivity index (χ3v) is 6.87. The summed E-state index contributed by atoms with van der Waals surface area (Å²) < 4.78 is 120. The number of hydrogen-bond acceptors (Lipinski definition) is 12. The molecule has 0 unspecified atom stereocenters. The first-order valence-electron chi connectivity index (χ1n) is 7.09. The van der Waals surface area contributed by atoms with Crippen LogP contribution >= 0.6 is 0 Å². The first-order chi connectivity index (χ1) is 14.1. The van der Waals surface area contributed by atoms with E-state index in [1.165, 1.54) is 0 Å². The standard InChI is InChI=1S/2C6H6O8S2/c7-4-1-3(15(9,10)11)2-5(6(4)8)16(12,13)14;7-3-1-2-4(15(9,10)11)6(5(3)8)16(12,13)14/h2*1-2,7-8H,(H,9,10,11)(H,12,13,14). The van der Waals surface area contributed by atoms with Crippen LogP contribution in [0.25, 0.3) is 0 Å². The SMILES string of the molecule is O=S(=O)(O)c1cc(O)c(O)c(S(=O)(=O)O)c1.O=S(=O)(O)c1ccc(O)c(O)c1S(=O)(=O)O. The van der Waals surface area contributed by atoms with Crippen LogP contribution in [0.15, 0.2) is 43.8 Å². The minimum atomic E-state index is -5.12. The summed E-state index contributed by atoms with van der Waals surface area (Å²) >= 11 is 0. The van der Waals surface area contributed by atoms with Gasteiger partial charge >= 0.3 is 0 Å². The molecule has 0 amide bonds. The van der Waals surface area contributed by atoms with Crippen molar-refractivity contribution in [3.05, 3.63) is 24.3 Å². The molecule has 2 rings (SSSR count). The Morgan fingerprint density at radius 2 is 0.969 bits per heavy atom. The van der Waals surface area contributed by atoms with Gasteiger partial charge in [0.2, 0.25) is 0 Å². The van der Waals surface area contributed by atoms with E-state index in [0.717, 1.165) is 0 Å². The number of phenols is 4. The molecule has 0 aromatic heterocycles. The van der Waals surface area contributed by atoms with Crippen molar-refractivity contribution >= 4 is 40.5 Å². The van der Waals surface area contributed by atoms with Gasteiger partial charge in [-0.1, -0.05) is 0 Å². The van der Waals surface area contributed by atoms with Crippen LogP contribution in [-0.2, 0) is 40.5 Å². The van der Waals surface area contributed by atoms with Gasteiger partial charge in [-0.2, -0.15) is 33.7 Å². The molecule has 0 bridgehead atoms. The molecule has 0 atom stereocenters. The summed E-state index contributed by atoms with van der Waals surface area (Å²) in [4.78, 5) is -4.91. The summed E-state index contributed by atoms with van der Waals surface area (Å²) in [6.45, 7) is 0. The predicted molar refractivity (Wildman–Crippen MR) is 98.8 cm³/mol. The van der Waals surface area contributed by atoms with Gasteiger partial charge in [0.05, 0.1) is 4.90 Å². The molecule has 0 aliphatic rings. The number of aromatic hydroxyl groups is 4. The summed E-state index contributed by atoms with van der Waals surface area (Å²) in [7, 11) is -19.8. The van der Waals surface area contributed by atoms with Crippen molar-refractivity contribution in [2.75, 3.05) is 0 Å². The summed E-state index contributed by atoms with van der Waals surface area (Å²) in [5, 5.41) is 36.1. The first-order valence-corrected chi connectivity index (χ1v) is 12.9. The Hall–Kier alpha value is -2.72. The lowest BCUT2D eigenvalue weighted by Gasteiger charge is -2.07. The molecule has 0 radical (unpaired) electrons. The molecule has 32 heavy (non-hydrogen) atoms. The minimum Gasteiger partial charge on any atom is -0.504 e. The highest BCUT2D eigenvalue weighted by atomic mass is 32.2. The van der Waals surface area contributed by atoms with Crippen LogP contribution in [0, 0.1) is 0 Å². The highest BCUT2D eigenvalue weighted by Crippen LogP contribution is 2.37. The number of phenolic OH excluding ortho intramolecular Hbond substituents is 4. The number of benzene rings is 2. The molecule has 2 aromatic carbocycles. The quantitative estimate of drug-likeness (QED) is 0.173. The van der Waals surface area contributed by atoms with Gasteiger partial charge in [0.25, 0.3) is 40.5 Å². The fourth-order valence-electron chi connectivity index (χ4n) is 1.91. The Bertz CT molecular complexity index is 1480. The molecule has 0 saturated carbocycles. The van der Waals surface area contributed by atoms with E-state index in [4.69, 9.17) is 38.6 Å². The summed E-state index contributed by atoms with van der Waals surface area (Å²) in [5.74, 6) is -4.64. The largest absolute Gasteiger partial charge is 0.504 e. The zero-order valence-electron chi connectivity index (χ0n) is 14.8. The van der Waals surface area contributed by atoms with Crippen molar-refractivity contribution in [1.29, 1.82) is 0 Å². The smallest absolute Gasteiger partial charge is 0.299 e. The van der Waals surface area contributed by atoms with Crippen LogP contribution < -0.4 is 0 Å². The van der Waals surface area contributed by atoms with Gasteiger partial charge in [-0.05, 0) is 18.2 Å². The van der Waals surface area contributed by atoms with E-state index in [1.54, 1.807) is 0 Å². The molecule has 8 N–H and O–H groups in total. The number of rotatable bonds is 4. The minimum absolute atomic E-state index is 0.305. The normalized spacial score (nSPS) is 12.6. The molecule has 0 fully saturated rings. The van der Waals surface area contributed by atoms with Crippen LogP contribution in [0.2, 0.25) is 0 Å². The Balaban J connectivity index is 0.000000320. The lowest BCUT2D eigenvalue weighted by Crippen LogP contribution is -2.08. The fraction of sp³-hybridized carbons (Fsp3) is 0. The zero-order chi connectivity index (χ0) is 25.4. The summed E-state index contributed by atoms with van der Waals surface area (Å²) in [6.07, 6.45) is 0. The van der Waals surface area contributed by atoms with E-state index in [1.807, 2.05) is 0 Å². The lowest BCUT2D eigenvalue weighted by atomic mass is 10.3. The molecule has 0 spiro atoms. The summed E-state index contributed by atoms with van der Waals surface area (Å²) in [6, 6.07) is 1.90. The molecule has 0 aliphatic heterocycles. The van der Waals surface area contributed by atoms with Crippen LogP contribution in [0.3, 0.4) is 0 Å². The van der Waals surface area contributed by atoms with Crippen molar-refractivity contribution in [2.24, 2.45) is 0 Å². The second-order valence-electron chi connectivity index (χ2n) is 5.45. The molecule has 20 heteroatoms. The van der Waals surface area contributed by atoms with E-state index in [0.29, 0.717) is 24.3 Å². The molecule has 0 aliphatic carbocycles. The predicted octanol–water partition coefficient (Wildman–Crippen LogP) is -0.818. The molecular weight excluding hydrogens is 528 g/mol. The van der Waals surface area contributed by atoms with Crippen LogP contribution in [0.1, 0.15) is 0 Å². The van der Waals surface area contributed by atoms with E-state index in [2.05, 4.69) is 0 Å². The van der Waals surface area contributed by atoms with Crippen LogP contribution in [0.5, 0.6) is 23.0 Å². The van der Waals surface area contributed by atoms with Gasteiger partial charge in [-0.15, -0.1) is 0 Å². The molecule has 0 saturated heterocycles. The Labute approximate surface area is 179 Å². The Morgan fingerprint density at radius 1 is 0.500 bits per heavy atom. The third kappa shape index (κ3) is 6.39. The maximum absolute atomic E-state index is 10.8. The van der Waals surface area contributed by atoms with Gasteiger partial charge in [0.15, 0.2) is 27.9 Å². The summed E-state index contributed by atoms with van der Waals surface area (Å²) in [5.41, 5.74) is 0. The molecule has 2 aromatic rings. The zero-order valence-corrected chi connectivity index (χ0v) is 18.1. The van der Waals surface area contributed by atoms with E-state index in [-0.39, 0.29) is 0 Å². The topological polar surface area (TPSA) is 298 Å². The molecule has 16 nitrogen and oxygen atoms in total. The lowest BCUT2D eigenvalue weighted by molar-refractivity contribution is 0.383. The van der Waals surface area contributed by atoms with E-state index < -0.39 is 83.1 Å². The second-order valence-corrected chi connectivity index (χ2v) is 11.0. The van der Waals surface area contributed by atoms with Gasteiger partial charge in [-0.3, -0.25) is 18.2 Å². The maximum atomic E-state index is 10.8. The van der Waals surface area contributed by atoms with Gasteiger partial charge in [-0.25, -0.2) is 0 Å². The van der Waals surface area contributed by atoms with Crippen molar-refractivity contribution < 1.29 is 72.3 Å². The monoisotopic (exact) mass is 540 g/mol. The van der Waals surface area contributed by atoms with Gasteiger partial charge in [0.1, 0.15) is 9.79 Å².